The highest BCUT2D eigenvalue weighted by Gasteiger charge is 2.53. The first-order valence-electron chi connectivity index (χ1n) is 43.3. The van der Waals surface area contributed by atoms with E-state index in [4.69, 9.17) is 97.2 Å². The summed E-state index contributed by atoms with van der Waals surface area (Å²) in [5.74, 6) is 5.99. The van der Waals surface area contributed by atoms with Crippen LogP contribution in [0.5, 0.6) is 17.2 Å². The molecule has 4 saturated heterocycles. The molecule has 134 heavy (non-hydrogen) atoms. The number of benzene rings is 2. The lowest BCUT2D eigenvalue weighted by Gasteiger charge is -2.47. The first-order valence-corrected chi connectivity index (χ1v) is 47.6. The molecule has 744 valence electrons. The van der Waals surface area contributed by atoms with Crippen molar-refractivity contribution in [1.82, 2.24) is 31.6 Å². The van der Waals surface area contributed by atoms with E-state index in [1.807, 2.05) is 36.4 Å². The number of amides is 7. The van der Waals surface area contributed by atoms with Gasteiger partial charge < -0.3 is 144 Å². The van der Waals surface area contributed by atoms with Crippen molar-refractivity contribution in [2.24, 2.45) is 17.4 Å². The lowest BCUT2D eigenvalue weighted by atomic mass is 9.75. The van der Waals surface area contributed by atoms with E-state index < -0.39 is 222 Å². The quantitative estimate of drug-likeness (QED) is 0.0147. The van der Waals surface area contributed by atoms with Gasteiger partial charge in [-0.3, -0.25) is 48.5 Å². The molecule has 4 heterocycles. The van der Waals surface area contributed by atoms with E-state index in [0.717, 1.165) is 18.9 Å². The molecule has 0 aromatic heterocycles. The van der Waals surface area contributed by atoms with E-state index in [2.05, 4.69) is 55.7 Å². The number of nitrogens with two attached hydrogens (primary N) is 2. The number of aliphatic hydroxyl groups is 6. The van der Waals surface area contributed by atoms with Gasteiger partial charge in [-0.05, 0) is 120 Å². The maximum atomic E-state index is 14.7. The smallest absolute Gasteiger partial charge is 0.411 e. The van der Waals surface area contributed by atoms with Gasteiger partial charge in [0.05, 0.1) is 161 Å². The van der Waals surface area contributed by atoms with Crippen LogP contribution in [-0.4, -0.2) is 340 Å². The number of methoxy groups -OCH3 is 5. The van der Waals surface area contributed by atoms with Crippen LogP contribution >= 0.6 is 55.9 Å². The zero-order chi connectivity index (χ0) is 98.4. The summed E-state index contributed by atoms with van der Waals surface area (Å²) in [5, 5.41) is 80.0. The Hall–Kier alpha value is -7.94. The van der Waals surface area contributed by atoms with Gasteiger partial charge in [0.25, 0.3) is 0 Å². The minimum Gasteiger partial charge on any atom is -0.492 e. The molecule has 2 aromatic rings. The molecular formula is C88H124IN9O33S3. The second-order valence-electron chi connectivity index (χ2n) is 32.5. The number of nitrogens with one attached hydrogen (secondary N) is 6. The van der Waals surface area contributed by atoms with Gasteiger partial charge in [0.15, 0.2) is 47.5 Å². The number of hydrogen-bond donors (Lipinski definition) is 14. The molecule has 6 aliphatic rings. The number of carbonyl (C=O) groups is 10. The van der Waals surface area contributed by atoms with Crippen LogP contribution in [-0.2, 0) is 107 Å². The molecule has 0 radical (unpaired) electrons. The molecule has 0 spiro atoms. The Morgan fingerprint density at radius 2 is 1.46 bits per heavy atom. The van der Waals surface area contributed by atoms with Crippen molar-refractivity contribution < 1.29 is 159 Å². The first kappa shape index (κ1) is 111. The Balaban J connectivity index is 1.00. The zero-order valence-corrected chi connectivity index (χ0v) is 81.6. The lowest BCUT2D eigenvalue weighted by molar-refractivity contribution is -0.337. The van der Waals surface area contributed by atoms with Crippen LogP contribution in [0.3, 0.4) is 0 Å². The van der Waals surface area contributed by atoms with Crippen LogP contribution in [0.25, 0.3) is 0 Å². The number of fused-ring (bicyclic) bond motifs is 2. The molecule has 42 nitrogen and oxygen atoms in total. The molecule has 8 rings (SSSR count). The number of Topliss-reactive ketones (excluding diaryl/α,β-unsaturated/α-hetero) is 2. The average molecular weight is 2060 g/mol. The summed E-state index contributed by atoms with van der Waals surface area (Å²) in [6.45, 7) is 15.4. The summed E-state index contributed by atoms with van der Waals surface area (Å²) < 4.78 is 94.7. The van der Waals surface area contributed by atoms with Crippen molar-refractivity contribution in [3.8, 4) is 40.9 Å². The minimum absolute atomic E-state index is 0.0244. The summed E-state index contributed by atoms with van der Waals surface area (Å²) in [6, 6.07) is 1.98. The second-order valence-corrected chi connectivity index (χ2v) is 37.8. The number of hydrogen-bond acceptors (Lipinski definition) is 38. The third-order valence-electron chi connectivity index (χ3n) is 22.1. The molecule has 16 N–H and O–H groups in total. The number of allylic oxidation sites excluding steroid dienone is 3. The number of likely N-dealkylation sites (N-methyl/N-ethyl adjacent to an activating group) is 1. The number of ketones is 2. The second kappa shape index (κ2) is 53.8. The molecule has 0 saturated carbocycles. The summed E-state index contributed by atoms with van der Waals surface area (Å²) >= 11 is 2.73. The zero-order valence-electron chi connectivity index (χ0n) is 77.0. The highest BCUT2D eigenvalue weighted by atomic mass is 127. The van der Waals surface area contributed by atoms with E-state index in [0.29, 0.717) is 34.5 Å². The Bertz CT molecular complexity index is 4580. The standard InChI is InChI=1S/C88H124IN9O33S3/c1-15-98(63(105)42-93-85(112)124-43-51-21-23-53(24-22-51)95-81(110)52(37-61(91)103)36-56(100)47(4)94-80(109)46(3)90)55-44-123-64(39-60(55)115-10)129-77-72(107)69(97-131-65-38-57(101)79(50(7)125-65)133-82(111)66-45(2)68(89)75(78(118-13)74(66)116-11)130-83-73(108)76(117-12)71(106)49(6)127-83)48(5)126-84(77)128-59-20-18-16-17-19-26-88(114)40-58(102)70(96-86(113)119-14)67(59)54(88)25-35-132-134-87(8,9)41-62(104)92-27-29-120-31-33-122-34-32-121-30-28-99/h16-17,21-25,46-50,52,55,57,59-60,64-65,69,71-73,76-77,79,83-84,97,99,101,106-108,114H,15,27-44,90H2,1-14H3,(H2,91,103)(H,92,104)(H,93,112)(H,94,109)(H,95,110)(H,96,113)/b17-16-,54-25+/t46-,47-,48?,49?,50?,52-,55?,57?,59-,60?,64?,65?,69?,71?,72?,73?,76?,77?,79?,83?,84?,88-/m0/s1. The predicted octanol–water partition coefficient (Wildman–Crippen LogP) is 1.65. The predicted molar refractivity (Wildman–Crippen MR) is 493 cm³/mol. The number of ether oxygens (including phenoxy) is 16. The number of anilines is 1. The highest BCUT2D eigenvalue weighted by molar-refractivity contribution is 14.1. The van der Waals surface area contributed by atoms with Gasteiger partial charge in [0.2, 0.25) is 46.7 Å². The number of hydroxylamine groups is 1. The average Bonchev–Trinajstić information content (AvgIpc) is 0.749. The van der Waals surface area contributed by atoms with Crippen molar-refractivity contribution in [2.75, 3.05) is 119 Å². The number of carbonyl (C=O) groups excluding carboxylic acids is 10. The van der Waals surface area contributed by atoms with E-state index in [-0.39, 0.29) is 123 Å². The van der Waals surface area contributed by atoms with Crippen molar-refractivity contribution in [3.63, 3.8) is 0 Å². The van der Waals surface area contributed by atoms with Gasteiger partial charge in [0.1, 0.15) is 49.8 Å². The molecule has 2 bridgehead atoms. The number of aliphatic hydroxyl groups excluding tert-OH is 5. The van der Waals surface area contributed by atoms with Crippen molar-refractivity contribution in [1.29, 1.82) is 0 Å². The molecule has 46 heteroatoms. The lowest BCUT2D eigenvalue weighted by Crippen LogP contribution is -2.65. The normalized spacial score (nSPS) is 27.4. The van der Waals surface area contributed by atoms with E-state index in [9.17, 15) is 73.5 Å². The van der Waals surface area contributed by atoms with Gasteiger partial charge in [-0.15, -0.1) is 0 Å². The molecule has 7 amide bonds. The maximum Gasteiger partial charge on any atom is 0.411 e. The van der Waals surface area contributed by atoms with Crippen LogP contribution in [0.15, 0.2) is 59.3 Å². The Morgan fingerprint density at radius 3 is 2.10 bits per heavy atom. The molecular weight excluding hydrogens is 1930 g/mol. The number of halogens is 1. The fourth-order valence-electron chi connectivity index (χ4n) is 15.1. The molecule has 2 aromatic carbocycles. The summed E-state index contributed by atoms with van der Waals surface area (Å²) in [5.41, 5.74) is 12.1. The van der Waals surface area contributed by atoms with Gasteiger partial charge in [-0.1, -0.05) is 75.2 Å². The summed E-state index contributed by atoms with van der Waals surface area (Å²) in [4.78, 5) is 142. The third kappa shape index (κ3) is 31.3. The van der Waals surface area contributed by atoms with Gasteiger partial charge in [-0.25, -0.2) is 9.59 Å². The fraction of sp³-hybridized carbons (Fsp3) is 0.636. The number of nitrogens with zero attached hydrogens (tertiary/aromatic N) is 1. The molecule has 4 fully saturated rings. The topological polar surface area (TPSA) is 576 Å². The van der Waals surface area contributed by atoms with Crippen LogP contribution in [0.2, 0.25) is 0 Å². The van der Waals surface area contributed by atoms with E-state index in [1.54, 1.807) is 40.7 Å². The number of thioether (sulfide) groups is 1. The van der Waals surface area contributed by atoms with Crippen LogP contribution in [0.1, 0.15) is 115 Å². The van der Waals surface area contributed by atoms with Crippen molar-refractivity contribution >= 4 is 120 Å². The van der Waals surface area contributed by atoms with Gasteiger partial charge in [-0.2, -0.15) is 5.48 Å². The largest absolute Gasteiger partial charge is 0.492 e. The van der Waals surface area contributed by atoms with Crippen LogP contribution in [0, 0.1) is 40.1 Å². The molecule has 17 unspecified atom stereocenters. The van der Waals surface area contributed by atoms with Gasteiger partial charge in [0, 0.05) is 86.7 Å². The number of primary amides is 1. The number of alkyl carbamates (subject to hydrolysis) is 2. The summed E-state index contributed by atoms with van der Waals surface area (Å²) in [7, 11) is 9.08. The Labute approximate surface area is 802 Å². The monoisotopic (exact) mass is 2060 g/mol. The van der Waals surface area contributed by atoms with Crippen LogP contribution < -0.4 is 57.7 Å². The van der Waals surface area contributed by atoms with Crippen LogP contribution in [0.4, 0.5) is 15.3 Å². The SMILES string of the molecule is CCN(C(=O)CNC(=O)OCc1ccc(NC(=O)[C@H](CC(N)=O)CC(=O)[C@H](C)NC(=O)[C@H](C)N)cc1)C1COC(OC2C(O[C@H]3C#C/C=C\C#C[C@]4(O)CC(=O)C(NC(=O)OC)=C3/C4=C\CSSC(C)(C)CC(=O)NCCOCCOCCOCCO)OC(C)C(NOC3CC(O)C(SC(=O)c4c(C)c(I)c(OC5OC(C)C(O)C(OC)C5O)c(OC)c4OC)C(C)O3)C2O)CC1OC. The summed E-state index contributed by atoms with van der Waals surface area (Å²) in [6.07, 6.45) is -19.4. The van der Waals surface area contributed by atoms with Gasteiger partial charge >= 0.3 is 12.2 Å². The maximum absolute atomic E-state index is 14.7. The highest BCUT2D eigenvalue weighted by Crippen LogP contribution is 2.50. The van der Waals surface area contributed by atoms with E-state index >= 15 is 0 Å². The third-order valence-corrected chi connectivity index (χ3v) is 27.9. The molecule has 4 aliphatic heterocycles. The number of rotatable bonds is 48. The first-order chi connectivity index (χ1) is 63.8. The Morgan fingerprint density at radius 1 is 0.776 bits per heavy atom. The van der Waals surface area contributed by atoms with Crippen molar-refractivity contribution in [3.05, 3.63) is 79.6 Å². The Kier molecular flexibility index (Phi) is 44.8. The molecule has 2 aliphatic carbocycles. The van der Waals surface area contributed by atoms with E-state index in [1.165, 1.54) is 105 Å². The fourth-order valence-corrected chi connectivity index (χ4v) is 19.2. The molecule has 22 atom stereocenters. The minimum atomic E-state index is -2.29. The van der Waals surface area contributed by atoms with Crippen molar-refractivity contribution in [2.45, 2.75) is 240 Å².